The zero-order chi connectivity index (χ0) is 30.5. The van der Waals surface area contributed by atoms with Crippen molar-refractivity contribution in [2.75, 3.05) is 4.90 Å². The van der Waals surface area contributed by atoms with E-state index in [1.165, 1.54) is 21.8 Å². The molecule has 0 unspecified atom stereocenters. The Kier molecular flexibility index (Phi) is 6.10. The van der Waals surface area contributed by atoms with E-state index in [0.717, 1.165) is 55.6 Å². The molecule has 216 valence electrons. The average molecular weight is 589 g/mol. The maximum atomic E-state index is 4.65. The van der Waals surface area contributed by atoms with Crippen LogP contribution >= 0.6 is 0 Å². The Bertz CT molecular complexity index is 2480. The molecule has 0 spiro atoms. The summed E-state index contributed by atoms with van der Waals surface area (Å²) in [5.41, 5.74) is 10.0. The van der Waals surface area contributed by atoms with Gasteiger partial charge in [-0.15, -0.1) is 0 Å². The molecular weight excluding hydrogens is 560 g/mol. The van der Waals surface area contributed by atoms with Gasteiger partial charge in [-0.25, -0.2) is 0 Å². The van der Waals surface area contributed by atoms with Gasteiger partial charge in [0.2, 0.25) is 0 Å². The number of fused-ring (bicyclic) bond motifs is 6. The lowest BCUT2D eigenvalue weighted by molar-refractivity contribution is 1.18. The Labute approximate surface area is 266 Å². The van der Waals surface area contributed by atoms with Crippen molar-refractivity contribution in [2.45, 2.75) is 0 Å². The number of aromatic nitrogens is 3. The van der Waals surface area contributed by atoms with Gasteiger partial charge in [0.1, 0.15) is 0 Å². The molecule has 0 N–H and O–H groups in total. The SMILES string of the molecule is c1ccc(N(c2ccccc2)c2ccc3c(c2)c2ccccc2n3-c2ccc(-c3cncc4c3ccc3cccnc34)cc2)cc1. The summed E-state index contributed by atoms with van der Waals surface area (Å²) in [4.78, 5) is 11.6. The van der Waals surface area contributed by atoms with Crippen LogP contribution in [0.4, 0.5) is 17.1 Å². The molecule has 0 bridgehead atoms. The molecule has 9 rings (SSSR count). The number of hydrogen-bond donors (Lipinski definition) is 0. The Morgan fingerprint density at radius 3 is 1.98 bits per heavy atom. The summed E-state index contributed by atoms with van der Waals surface area (Å²) in [6.45, 7) is 0. The van der Waals surface area contributed by atoms with Crippen LogP contribution < -0.4 is 4.90 Å². The molecule has 9 aromatic rings. The molecule has 6 aromatic carbocycles. The van der Waals surface area contributed by atoms with E-state index in [2.05, 4.69) is 165 Å². The minimum Gasteiger partial charge on any atom is -0.310 e. The van der Waals surface area contributed by atoms with E-state index in [-0.39, 0.29) is 0 Å². The zero-order valence-electron chi connectivity index (χ0n) is 25.0. The largest absolute Gasteiger partial charge is 0.310 e. The Morgan fingerprint density at radius 2 is 1.20 bits per heavy atom. The third kappa shape index (κ3) is 4.23. The van der Waals surface area contributed by atoms with E-state index in [1.54, 1.807) is 0 Å². The molecule has 4 nitrogen and oxygen atoms in total. The molecule has 0 saturated carbocycles. The van der Waals surface area contributed by atoms with Crippen molar-refractivity contribution in [2.24, 2.45) is 0 Å². The average Bonchev–Trinajstić information content (AvgIpc) is 3.46. The highest BCUT2D eigenvalue weighted by Crippen LogP contribution is 2.40. The molecule has 4 heteroatoms. The van der Waals surface area contributed by atoms with Gasteiger partial charge in [-0.1, -0.05) is 84.9 Å². The molecular formula is C42H28N4. The first-order chi connectivity index (χ1) is 22.8. The van der Waals surface area contributed by atoms with E-state index in [4.69, 9.17) is 0 Å². The summed E-state index contributed by atoms with van der Waals surface area (Å²) in [5.74, 6) is 0. The molecule has 0 saturated heterocycles. The predicted octanol–water partition coefficient (Wildman–Crippen LogP) is 11.0. The van der Waals surface area contributed by atoms with Crippen molar-refractivity contribution in [1.29, 1.82) is 0 Å². The quantitative estimate of drug-likeness (QED) is 0.188. The van der Waals surface area contributed by atoms with Gasteiger partial charge in [-0.3, -0.25) is 9.97 Å². The summed E-state index contributed by atoms with van der Waals surface area (Å²) in [7, 11) is 0. The van der Waals surface area contributed by atoms with Gasteiger partial charge < -0.3 is 9.47 Å². The minimum absolute atomic E-state index is 0.980. The van der Waals surface area contributed by atoms with Crippen LogP contribution in [0, 0.1) is 0 Å². The van der Waals surface area contributed by atoms with Crippen LogP contribution in [0.3, 0.4) is 0 Å². The van der Waals surface area contributed by atoms with Crippen LogP contribution in [0.1, 0.15) is 0 Å². The second-order valence-corrected chi connectivity index (χ2v) is 11.5. The van der Waals surface area contributed by atoms with Gasteiger partial charge in [-0.2, -0.15) is 0 Å². The molecule has 3 aromatic heterocycles. The molecule has 0 fully saturated rings. The van der Waals surface area contributed by atoms with E-state index in [1.807, 2.05) is 24.7 Å². The molecule has 0 amide bonds. The molecule has 0 aliphatic carbocycles. The molecule has 0 aliphatic rings. The van der Waals surface area contributed by atoms with E-state index in [9.17, 15) is 0 Å². The number of rotatable bonds is 5. The topological polar surface area (TPSA) is 34.0 Å². The van der Waals surface area contributed by atoms with Crippen molar-refractivity contribution < 1.29 is 0 Å². The summed E-state index contributed by atoms with van der Waals surface area (Å²) < 4.78 is 2.37. The van der Waals surface area contributed by atoms with Crippen molar-refractivity contribution in [1.82, 2.24) is 14.5 Å². The molecule has 46 heavy (non-hydrogen) atoms. The zero-order valence-corrected chi connectivity index (χ0v) is 25.0. The predicted molar refractivity (Wildman–Crippen MR) is 192 cm³/mol. The van der Waals surface area contributed by atoms with Crippen molar-refractivity contribution in [3.8, 4) is 16.8 Å². The number of anilines is 3. The van der Waals surface area contributed by atoms with Crippen molar-refractivity contribution >= 4 is 60.5 Å². The van der Waals surface area contributed by atoms with Crippen LogP contribution in [0.5, 0.6) is 0 Å². The second-order valence-electron chi connectivity index (χ2n) is 11.5. The Hall–Kier alpha value is -6.26. The Morgan fingerprint density at radius 1 is 0.478 bits per heavy atom. The number of nitrogens with zero attached hydrogens (tertiary/aromatic N) is 4. The minimum atomic E-state index is 0.980. The third-order valence-corrected chi connectivity index (χ3v) is 8.89. The third-order valence-electron chi connectivity index (χ3n) is 8.89. The van der Waals surface area contributed by atoms with Crippen LogP contribution in [0.2, 0.25) is 0 Å². The van der Waals surface area contributed by atoms with Crippen LogP contribution in [0.15, 0.2) is 170 Å². The maximum Gasteiger partial charge on any atom is 0.0795 e. The lowest BCUT2D eigenvalue weighted by Crippen LogP contribution is -2.09. The number of para-hydroxylation sites is 3. The van der Waals surface area contributed by atoms with Crippen LogP contribution in [-0.2, 0) is 0 Å². The first-order valence-electron chi connectivity index (χ1n) is 15.5. The number of pyridine rings is 2. The van der Waals surface area contributed by atoms with E-state index < -0.39 is 0 Å². The highest BCUT2D eigenvalue weighted by molar-refractivity contribution is 6.11. The molecule has 0 atom stereocenters. The summed E-state index contributed by atoms with van der Waals surface area (Å²) in [6.07, 6.45) is 5.73. The number of hydrogen-bond acceptors (Lipinski definition) is 3. The number of benzene rings is 6. The van der Waals surface area contributed by atoms with E-state index in [0.29, 0.717) is 0 Å². The highest BCUT2D eigenvalue weighted by Gasteiger charge is 2.17. The standard InChI is InChI=1S/C42H28N4/c1-3-11-31(12-4-1)45(32-13-5-2-6-14-32)34-22-24-41-37(26-34)36-15-7-8-16-40(36)46(41)33-20-17-29(18-21-33)38-27-43-28-39-35(38)23-19-30-10-9-25-44-42(30)39/h1-28H. The fourth-order valence-corrected chi connectivity index (χ4v) is 6.79. The molecule has 3 heterocycles. The van der Waals surface area contributed by atoms with E-state index >= 15 is 0 Å². The highest BCUT2D eigenvalue weighted by atomic mass is 15.1. The Balaban J connectivity index is 1.18. The normalized spacial score (nSPS) is 11.5. The lowest BCUT2D eigenvalue weighted by Gasteiger charge is -2.25. The summed E-state index contributed by atoms with van der Waals surface area (Å²) >= 11 is 0. The maximum absolute atomic E-state index is 4.65. The van der Waals surface area contributed by atoms with Gasteiger partial charge >= 0.3 is 0 Å². The van der Waals surface area contributed by atoms with Gasteiger partial charge in [0.25, 0.3) is 0 Å². The smallest absolute Gasteiger partial charge is 0.0795 e. The van der Waals surface area contributed by atoms with Crippen molar-refractivity contribution in [3.05, 3.63) is 170 Å². The molecule has 0 aliphatic heterocycles. The van der Waals surface area contributed by atoms with Gasteiger partial charge in [0.05, 0.1) is 16.6 Å². The summed E-state index contributed by atoms with van der Waals surface area (Å²) in [6, 6.07) is 53.8. The van der Waals surface area contributed by atoms with Gasteiger partial charge in [-0.05, 0) is 77.7 Å². The van der Waals surface area contributed by atoms with Gasteiger partial charge in [0.15, 0.2) is 0 Å². The summed E-state index contributed by atoms with van der Waals surface area (Å²) in [5, 5.41) is 5.78. The van der Waals surface area contributed by atoms with Crippen molar-refractivity contribution in [3.63, 3.8) is 0 Å². The molecule has 0 radical (unpaired) electrons. The monoisotopic (exact) mass is 588 g/mol. The van der Waals surface area contributed by atoms with Gasteiger partial charge in [0, 0.05) is 68.4 Å². The van der Waals surface area contributed by atoms with Crippen LogP contribution in [0.25, 0.3) is 60.3 Å². The first-order valence-corrected chi connectivity index (χ1v) is 15.5. The second kappa shape index (κ2) is 10.7. The lowest BCUT2D eigenvalue weighted by atomic mass is 9.99. The first kappa shape index (κ1) is 26.2. The fourth-order valence-electron chi connectivity index (χ4n) is 6.79. The van der Waals surface area contributed by atoms with Crippen LogP contribution in [-0.4, -0.2) is 14.5 Å². The fraction of sp³-hybridized carbons (Fsp3) is 0.